The van der Waals surface area contributed by atoms with Crippen LogP contribution in [0.3, 0.4) is 0 Å². The van der Waals surface area contributed by atoms with Gasteiger partial charge in [-0.3, -0.25) is 24.0 Å². The summed E-state index contributed by atoms with van der Waals surface area (Å²) in [6.45, 7) is 14.4. The molecule has 0 aliphatic carbocycles. The molecule has 0 saturated heterocycles. The number of hydrogen-bond acceptors (Lipinski definition) is 9. The van der Waals surface area contributed by atoms with Gasteiger partial charge in [0, 0.05) is 11.5 Å². The molecule has 0 aromatic carbocycles. The molecule has 0 saturated carbocycles. The smallest absolute Gasteiger partial charge is 0.327 e. The van der Waals surface area contributed by atoms with E-state index in [0.29, 0.717) is 0 Å². The lowest BCUT2D eigenvalue weighted by molar-refractivity contribution is -0.141. The van der Waals surface area contributed by atoms with Crippen molar-refractivity contribution in [1.82, 2.24) is 26.6 Å². The highest BCUT2D eigenvalue weighted by atomic mass is 32.1. The lowest BCUT2D eigenvalue weighted by atomic mass is 9.97. The van der Waals surface area contributed by atoms with Crippen molar-refractivity contribution in [3.63, 3.8) is 0 Å². The van der Waals surface area contributed by atoms with Crippen LogP contribution in [0.4, 0.5) is 0 Å². The molecule has 6 atom stereocenters. The Morgan fingerprint density at radius 3 is 1.21 bits per heavy atom. The van der Waals surface area contributed by atoms with Crippen LogP contribution in [0.25, 0.3) is 0 Å². The number of aliphatic carboxylic acids is 1. The van der Waals surface area contributed by atoms with Gasteiger partial charge in [-0.25, -0.2) is 4.79 Å². The molecule has 0 aromatic rings. The molecule has 0 heterocycles. The largest absolute Gasteiger partial charge is 0.480 e. The van der Waals surface area contributed by atoms with E-state index >= 15 is 0 Å². The number of nitrogens with one attached hydrogen (secondary N) is 5. The highest BCUT2D eigenvalue weighted by Crippen LogP contribution is 2.12. The Morgan fingerprint density at radius 1 is 0.558 bits per heavy atom. The Labute approximate surface area is 266 Å². The first-order chi connectivity index (χ1) is 19.9. The fourth-order valence-corrected chi connectivity index (χ4v) is 4.47. The number of rotatable bonds is 19. The molecule has 0 aliphatic rings. The first-order valence-electron chi connectivity index (χ1n) is 14.6. The summed E-state index contributed by atoms with van der Waals surface area (Å²) < 4.78 is 0. The van der Waals surface area contributed by atoms with Crippen LogP contribution in [0, 0.1) is 23.7 Å². The van der Waals surface area contributed by atoms with E-state index in [4.69, 9.17) is 5.73 Å². The Bertz CT molecular complexity index is 964. The maximum Gasteiger partial charge on any atom is 0.327 e. The minimum absolute atomic E-state index is 0.0137. The van der Waals surface area contributed by atoms with Crippen LogP contribution in [0.2, 0.25) is 0 Å². The SMILES string of the molecule is CC(C)C[C@H](NC(=O)[C@@H](NC(=O)[C@H](CC(C)C)NC(=O)[C@@H](NC(=O)[C@@H](N)CS)C(C)C)C(C)C)C(=O)N[C@@H](CS)C(=O)O. The Hall–Kier alpha value is -2.52. The van der Waals surface area contributed by atoms with E-state index in [1.807, 2.05) is 27.7 Å². The van der Waals surface area contributed by atoms with Crippen molar-refractivity contribution in [3.05, 3.63) is 0 Å². The summed E-state index contributed by atoms with van der Waals surface area (Å²) in [6.07, 6.45) is 0.470. The monoisotopic (exact) mass is 648 g/mol. The lowest BCUT2D eigenvalue weighted by Crippen LogP contribution is -2.61. The third-order valence-corrected chi connectivity index (χ3v) is 7.26. The standard InChI is InChI=1S/C28H52N6O7S2/c1-13(2)9-18(24(36)32-20(12-43)28(40)41)30-27(39)22(16(7)8)34-25(37)19(10-14(3)4)31-26(38)21(15(5)6)33-23(35)17(29)11-42/h13-22,42-43H,9-12,29H2,1-8H3,(H,30,39)(H,31,38)(H,32,36)(H,33,35)(H,34,37)(H,40,41)/t17-,18-,19-,20-,21-,22-/m0/s1. The number of thiol groups is 2. The van der Waals surface area contributed by atoms with E-state index in [2.05, 4.69) is 51.8 Å². The maximum atomic E-state index is 13.5. The number of carboxylic acid groups (broad SMARTS) is 1. The number of carbonyl (C=O) groups is 6. The van der Waals surface area contributed by atoms with Crippen molar-refractivity contribution < 1.29 is 33.9 Å². The van der Waals surface area contributed by atoms with Gasteiger partial charge in [0.2, 0.25) is 29.5 Å². The third-order valence-electron chi connectivity index (χ3n) is 6.50. The lowest BCUT2D eigenvalue weighted by Gasteiger charge is -2.30. The molecule has 0 aromatic heterocycles. The number of amides is 5. The molecule has 0 rings (SSSR count). The van der Waals surface area contributed by atoms with E-state index in [1.54, 1.807) is 27.7 Å². The third kappa shape index (κ3) is 14.7. The molecule has 43 heavy (non-hydrogen) atoms. The van der Waals surface area contributed by atoms with Crippen molar-refractivity contribution in [2.75, 3.05) is 11.5 Å². The van der Waals surface area contributed by atoms with E-state index in [-0.39, 0.29) is 42.1 Å². The first-order valence-corrected chi connectivity index (χ1v) is 15.8. The zero-order chi connectivity index (χ0) is 33.6. The van der Waals surface area contributed by atoms with Crippen LogP contribution in [-0.2, 0) is 28.8 Å². The fourth-order valence-electron chi connectivity index (χ4n) is 4.05. The maximum absolute atomic E-state index is 13.5. The quantitative estimate of drug-likeness (QED) is 0.0875. The molecule has 0 radical (unpaired) electrons. The molecule has 13 nitrogen and oxygen atoms in total. The van der Waals surface area contributed by atoms with Crippen molar-refractivity contribution in [3.8, 4) is 0 Å². The van der Waals surface area contributed by atoms with Gasteiger partial charge in [-0.2, -0.15) is 25.3 Å². The van der Waals surface area contributed by atoms with Crippen LogP contribution < -0.4 is 32.3 Å². The molecule has 0 fully saturated rings. The zero-order valence-electron chi connectivity index (χ0n) is 26.5. The molecule has 248 valence electrons. The van der Waals surface area contributed by atoms with Gasteiger partial charge in [-0.05, 0) is 36.5 Å². The van der Waals surface area contributed by atoms with Gasteiger partial charge in [-0.15, -0.1) is 0 Å². The van der Waals surface area contributed by atoms with Crippen molar-refractivity contribution in [2.24, 2.45) is 29.4 Å². The minimum Gasteiger partial charge on any atom is -0.480 e. The van der Waals surface area contributed by atoms with Gasteiger partial charge in [0.05, 0.1) is 6.04 Å². The topological polar surface area (TPSA) is 209 Å². The minimum atomic E-state index is -1.26. The summed E-state index contributed by atoms with van der Waals surface area (Å²) in [5.41, 5.74) is 5.74. The molecule has 0 unspecified atom stereocenters. The molecule has 15 heteroatoms. The first kappa shape index (κ1) is 40.5. The van der Waals surface area contributed by atoms with Crippen molar-refractivity contribution in [1.29, 1.82) is 0 Å². The van der Waals surface area contributed by atoms with E-state index in [1.165, 1.54) is 0 Å². The second kappa shape index (κ2) is 19.7. The average Bonchev–Trinajstić information content (AvgIpc) is 2.90. The zero-order valence-corrected chi connectivity index (χ0v) is 28.3. The molecular formula is C28H52N6O7S2. The van der Waals surface area contributed by atoms with Crippen LogP contribution in [-0.4, -0.2) is 88.4 Å². The second-order valence-electron chi connectivity index (χ2n) is 12.2. The number of nitrogens with two attached hydrogens (primary N) is 1. The van der Waals surface area contributed by atoms with Crippen LogP contribution in [0.1, 0.15) is 68.2 Å². The molecular weight excluding hydrogens is 596 g/mol. The molecule has 0 aliphatic heterocycles. The summed E-state index contributed by atoms with van der Waals surface area (Å²) in [6, 6.07) is -6.27. The van der Waals surface area contributed by atoms with Crippen molar-refractivity contribution in [2.45, 2.75) is 104 Å². The second-order valence-corrected chi connectivity index (χ2v) is 12.9. The number of carbonyl (C=O) groups excluding carboxylic acids is 5. The Morgan fingerprint density at radius 2 is 0.907 bits per heavy atom. The predicted molar refractivity (Wildman–Crippen MR) is 172 cm³/mol. The Balaban J connectivity index is 5.92. The fraction of sp³-hybridized carbons (Fsp3) is 0.786. The van der Waals surface area contributed by atoms with Crippen LogP contribution in [0.15, 0.2) is 0 Å². The van der Waals surface area contributed by atoms with E-state index in [9.17, 15) is 33.9 Å². The summed E-state index contributed by atoms with van der Waals surface area (Å²) in [7, 11) is 0. The summed E-state index contributed by atoms with van der Waals surface area (Å²) in [5.74, 6) is -5.12. The van der Waals surface area contributed by atoms with E-state index < -0.39 is 77.7 Å². The molecule has 0 bridgehead atoms. The van der Waals surface area contributed by atoms with Crippen LogP contribution >= 0.6 is 25.3 Å². The highest BCUT2D eigenvalue weighted by Gasteiger charge is 2.34. The highest BCUT2D eigenvalue weighted by molar-refractivity contribution is 7.80. The summed E-state index contributed by atoms with van der Waals surface area (Å²) >= 11 is 7.98. The van der Waals surface area contributed by atoms with Crippen LogP contribution in [0.5, 0.6) is 0 Å². The predicted octanol–water partition coefficient (Wildman–Crippen LogP) is 0.0861. The van der Waals surface area contributed by atoms with Gasteiger partial charge in [0.15, 0.2) is 0 Å². The van der Waals surface area contributed by atoms with Gasteiger partial charge in [-0.1, -0.05) is 55.4 Å². The van der Waals surface area contributed by atoms with Gasteiger partial charge >= 0.3 is 5.97 Å². The normalized spacial score (nSPS) is 15.7. The van der Waals surface area contributed by atoms with Crippen molar-refractivity contribution >= 4 is 60.8 Å². The summed E-state index contributed by atoms with van der Waals surface area (Å²) in [5, 5.41) is 22.4. The average molecular weight is 649 g/mol. The van der Waals surface area contributed by atoms with E-state index in [0.717, 1.165) is 0 Å². The molecule has 8 N–H and O–H groups in total. The van der Waals surface area contributed by atoms with Gasteiger partial charge in [0.1, 0.15) is 30.2 Å². The molecule has 5 amide bonds. The van der Waals surface area contributed by atoms with Gasteiger partial charge < -0.3 is 37.4 Å². The number of hydrogen-bond donors (Lipinski definition) is 9. The van der Waals surface area contributed by atoms with Gasteiger partial charge in [0.25, 0.3) is 0 Å². The molecule has 0 spiro atoms. The number of carboxylic acids is 1. The Kier molecular flexibility index (Phi) is 18.5. The summed E-state index contributed by atoms with van der Waals surface area (Å²) in [4.78, 5) is 76.7.